The molecular formula is C26H22F3N5OS. The number of alkyl halides is 3. The molecule has 6 nitrogen and oxygen atoms in total. The summed E-state index contributed by atoms with van der Waals surface area (Å²) in [4.78, 5) is 16.6. The van der Waals surface area contributed by atoms with E-state index in [2.05, 4.69) is 32.8 Å². The lowest BCUT2D eigenvalue weighted by molar-refractivity contribution is -0.136. The number of urea groups is 1. The van der Waals surface area contributed by atoms with Gasteiger partial charge in [-0.2, -0.15) is 13.2 Å². The van der Waals surface area contributed by atoms with Crippen LogP contribution in [0.2, 0.25) is 0 Å². The number of nitrogens with two attached hydrogens (primary N) is 1. The lowest BCUT2D eigenvalue weighted by Crippen LogP contribution is -2.21. The van der Waals surface area contributed by atoms with Gasteiger partial charge in [0.1, 0.15) is 5.82 Å². The Morgan fingerprint density at radius 1 is 1.11 bits per heavy atom. The van der Waals surface area contributed by atoms with Crippen LogP contribution in [0.4, 0.5) is 35.2 Å². The molecule has 5 N–H and O–H groups in total. The summed E-state index contributed by atoms with van der Waals surface area (Å²) >= 11 is 1.52. The van der Waals surface area contributed by atoms with Crippen LogP contribution < -0.4 is 21.7 Å². The van der Waals surface area contributed by atoms with E-state index in [1.54, 1.807) is 30.5 Å². The first kappa shape index (κ1) is 25.0. The van der Waals surface area contributed by atoms with Gasteiger partial charge in [-0.15, -0.1) is 11.3 Å². The number of nitrogen functional groups attached to an aromatic ring is 1. The number of amides is 2. The number of carbonyl (C=O) groups is 1. The molecule has 0 atom stereocenters. The maximum Gasteiger partial charge on any atom is 0.418 e. The molecule has 0 aliphatic carbocycles. The van der Waals surface area contributed by atoms with Crippen LogP contribution in [0.3, 0.4) is 0 Å². The number of benzene rings is 2. The second-order valence-corrected chi connectivity index (χ2v) is 8.57. The largest absolute Gasteiger partial charge is 0.418 e. The molecule has 0 saturated carbocycles. The second kappa shape index (κ2) is 10.7. The minimum Gasteiger partial charge on any atom is -0.383 e. The summed E-state index contributed by atoms with van der Waals surface area (Å²) in [6, 6.07) is 10.9. The number of thiophene rings is 1. The van der Waals surface area contributed by atoms with Crippen molar-refractivity contribution in [3.63, 3.8) is 0 Å². The molecular weight excluding hydrogens is 487 g/mol. The predicted octanol–water partition coefficient (Wildman–Crippen LogP) is 6.17. The Morgan fingerprint density at radius 3 is 2.58 bits per heavy atom. The third kappa shape index (κ3) is 5.59. The summed E-state index contributed by atoms with van der Waals surface area (Å²) in [6.45, 7) is 3.42. The van der Waals surface area contributed by atoms with Gasteiger partial charge in [0, 0.05) is 22.8 Å². The number of carbonyl (C=O) groups excluding carboxylic acids is 1. The number of halogens is 3. The second-order valence-electron chi connectivity index (χ2n) is 7.69. The molecule has 4 rings (SSSR count). The molecule has 0 radical (unpaired) electrons. The van der Waals surface area contributed by atoms with E-state index in [9.17, 15) is 18.0 Å². The molecule has 0 aliphatic rings. The van der Waals surface area contributed by atoms with Gasteiger partial charge in [-0.3, -0.25) is 0 Å². The lowest BCUT2D eigenvalue weighted by atomic mass is 10.0. The number of nitrogens with zero attached hydrogens (tertiary/aromatic N) is 1. The molecule has 2 heterocycles. The minimum absolute atomic E-state index is 0.323. The number of pyridine rings is 1. The van der Waals surface area contributed by atoms with Gasteiger partial charge < -0.3 is 21.7 Å². The molecule has 10 heteroatoms. The Balaban J connectivity index is 1.53. The summed E-state index contributed by atoms with van der Waals surface area (Å²) < 4.78 is 40.4. The average molecular weight is 510 g/mol. The standard InChI is InChI=1S/C26H22F3N5OS/c1-2-31-13-5-6-17-14-32-24(30)22-19(15-36-23(17)22)16-9-11-18(12-10-16)33-25(35)34-21-8-4-3-7-20(21)26(27,28)29/h3-4,7-12,14-15,31H,2,13H2,1H3,(H2,30,32)(H2,33,34,35). The fraction of sp³-hybridized carbons (Fsp3) is 0.154. The summed E-state index contributed by atoms with van der Waals surface area (Å²) in [5, 5.41) is 10.7. The quantitative estimate of drug-likeness (QED) is 0.191. The molecule has 2 aromatic carbocycles. The number of aromatic nitrogens is 1. The van der Waals surface area contributed by atoms with Crippen LogP contribution in [0, 0.1) is 11.8 Å². The number of hydrogen-bond donors (Lipinski definition) is 4. The van der Waals surface area contributed by atoms with E-state index < -0.39 is 17.8 Å². The minimum atomic E-state index is -4.58. The van der Waals surface area contributed by atoms with E-state index in [-0.39, 0.29) is 5.69 Å². The Hall–Kier alpha value is -4.07. The van der Waals surface area contributed by atoms with Crippen molar-refractivity contribution in [3.05, 3.63) is 71.2 Å². The topological polar surface area (TPSA) is 92.1 Å². The highest BCUT2D eigenvalue weighted by Crippen LogP contribution is 2.39. The molecule has 0 bridgehead atoms. The van der Waals surface area contributed by atoms with E-state index in [0.717, 1.165) is 39.4 Å². The van der Waals surface area contributed by atoms with Crippen molar-refractivity contribution in [2.75, 3.05) is 29.5 Å². The monoisotopic (exact) mass is 509 g/mol. The van der Waals surface area contributed by atoms with Gasteiger partial charge in [-0.05, 0) is 41.8 Å². The van der Waals surface area contributed by atoms with Gasteiger partial charge in [0.2, 0.25) is 0 Å². The Morgan fingerprint density at radius 2 is 1.86 bits per heavy atom. The van der Waals surface area contributed by atoms with Crippen molar-refractivity contribution in [1.82, 2.24) is 10.3 Å². The van der Waals surface area contributed by atoms with Gasteiger partial charge >= 0.3 is 12.2 Å². The fourth-order valence-corrected chi connectivity index (χ4v) is 4.61. The van der Waals surface area contributed by atoms with Crippen molar-refractivity contribution >= 4 is 44.6 Å². The third-order valence-electron chi connectivity index (χ3n) is 5.25. The van der Waals surface area contributed by atoms with Crippen molar-refractivity contribution < 1.29 is 18.0 Å². The van der Waals surface area contributed by atoms with Gasteiger partial charge in [0.15, 0.2) is 0 Å². The first-order valence-corrected chi connectivity index (χ1v) is 11.9. The number of hydrogen-bond acceptors (Lipinski definition) is 5. The van der Waals surface area contributed by atoms with Gasteiger partial charge in [-0.1, -0.05) is 43.0 Å². The van der Waals surface area contributed by atoms with Crippen LogP contribution in [0.25, 0.3) is 21.2 Å². The van der Waals surface area contributed by atoms with Crippen LogP contribution in [-0.4, -0.2) is 24.1 Å². The maximum absolute atomic E-state index is 13.2. The highest BCUT2D eigenvalue weighted by molar-refractivity contribution is 7.18. The van der Waals surface area contributed by atoms with Crippen molar-refractivity contribution in [2.24, 2.45) is 0 Å². The normalized spacial score (nSPS) is 11.1. The summed E-state index contributed by atoms with van der Waals surface area (Å²) in [7, 11) is 0. The van der Waals surface area contributed by atoms with Crippen LogP contribution in [0.1, 0.15) is 18.1 Å². The Kier molecular flexibility index (Phi) is 7.43. The van der Waals surface area contributed by atoms with Crippen molar-refractivity contribution in [2.45, 2.75) is 13.1 Å². The van der Waals surface area contributed by atoms with Crippen molar-refractivity contribution in [3.8, 4) is 23.0 Å². The van der Waals surface area contributed by atoms with E-state index in [4.69, 9.17) is 5.73 Å². The molecule has 4 aromatic rings. The first-order valence-electron chi connectivity index (χ1n) is 11.0. The smallest absolute Gasteiger partial charge is 0.383 e. The molecule has 184 valence electrons. The van der Waals surface area contributed by atoms with E-state index >= 15 is 0 Å². The zero-order chi connectivity index (χ0) is 25.7. The zero-order valence-corrected chi connectivity index (χ0v) is 20.0. The molecule has 0 fully saturated rings. The molecule has 2 aromatic heterocycles. The predicted molar refractivity (Wildman–Crippen MR) is 139 cm³/mol. The average Bonchev–Trinajstić information content (AvgIpc) is 3.29. The fourth-order valence-electron chi connectivity index (χ4n) is 3.55. The van der Waals surface area contributed by atoms with E-state index in [0.29, 0.717) is 18.1 Å². The summed E-state index contributed by atoms with van der Waals surface area (Å²) in [5.74, 6) is 6.60. The summed E-state index contributed by atoms with van der Waals surface area (Å²) in [5.41, 5.74) is 7.88. The SMILES string of the molecule is CCNCC#Cc1cnc(N)c2c(-c3ccc(NC(=O)Nc4ccccc4C(F)(F)F)cc3)csc12. The summed E-state index contributed by atoms with van der Waals surface area (Å²) in [6.07, 6.45) is -2.91. The number of fused-ring (bicyclic) bond motifs is 1. The molecule has 0 saturated heterocycles. The third-order valence-corrected chi connectivity index (χ3v) is 6.26. The lowest BCUT2D eigenvalue weighted by Gasteiger charge is -2.14. The number of nitrogens with one attached hydrogen (secondary N) is 3. The molecule has 0 aliphatic heterocycles. The Bertz CT molecular complexity index is 1450. The van der Waals surface area contributed by atoms with Gasteiger partial charge in [0.25, 0.3) is 0 Å². The van der Waals surface area contributed by atoms with Gasteiger partial charge in [0.05, 0.1) is 28.1 Å². The Labute approximate surface area is 209 Å². The first-order chi connectivity index (χ1) is 17.3. The highest BCUT2D eigenvalue weighted by Gasteiger charge is 2.33. The van der Waals surface area contributed by atoms with E-state index in [1.807, 2.05) is 12.3 Å². The molecule has 0 spiro atoms. The van der Waals surface area contributed by atoms with Crippen LogP contribution in [-0.2, 0) is 6.18 Å². The van der Waals surface area contributed by atoms with Crippen LogP contribution in [0.5, 0.6) is 0 Å². The molecule has 36 heavy (non-hydrogen) atoms. The van der Waals surface area contributed by atoms with Crippen LogP contribution in [0.15, 0.2) is 60.1 Å². The maximum atomic E-state index is 13.2. The van der Waals surface area contributed by atoms with Crippen LogP contribution >= 0.6 is 11.3 Å². The van der Waals surface area contributed by atoms with E-state index in [1.165, 1.54) is 29.5 Å². The number of anilines is 3. The molecule has 2 amide bonds. The highest BCUT2D eigenvalue weighted by atomic mass is 32.1. The van der Waals surface area contributed by atoms with Gasteiger partial charge in [-0.25, -0.2) is 9.78 Å². The number of rotatable bonds is 5. The zero-order valence-electron chi connectivity index (χ0n) is 19.2. The van der Waals surface area contributed by atoms with Crippen molar-refractivity contribution in [1.29, 1.82) is 0 Å². The molecule has 0 unspecified atom stereocenters. The number of para-hydroxylation sites is 1.